The van der Waals surface area contributed by atoms with Gasteiger partial charge in [-0.05, 0) is 59.0 Å². The van der Waals surface area contributed by atoms with Gasteiger partial charge in [-0.3, -0.25) is 14.5 Å². The van der Waals surface area contributed by atoms with Crippen molar-refractivity contribution in [2.45, 2.75) is 11.7 Å². The van der Waals surface area contributed by atoms with E-state index in [0.717, 1.165) is 14.9 Å². The Kier molecular flexibility index (Phi) is 5.74. The van der Waals surface area contributed by atoms with Crippen molar-refractivity contribution in [1.29, 1.82) is 0 Å². The van der Waals surface area contributed by atoms with Crippen molar-refractivity contribution in [3.63, 3.8) is 0 Å². The van der Waals surface area contributed by atoms with E-state index in [1.165, 1.54) is 16.7 Å². The molecule has 1 heterocycles. The monoisotopic (exact) mass is 465 g/mol. The smallest absolute Gasteiger partial charge is 0.238 e. The number of rotatable bonds is 3. The van der Waals surface area contributed by atoms with Gasteiger partial charge in [0.2, 0.25) is 11.8 Å². The summed E-state index contributed by atoms with van der Waals surface area (Å²) in [5, 5.41) is 2.91. The molecule has 1 N–H and O–H groups in total. The second-order valence-electron chi connectivity index (χ2n) is 5.49. The summed E-state index contributed by atoms with van der Waals surface area (Å²) < 4.78 is 1.09. The van der Waals surface area contributed by atoms with Gasteiger partial charge in [-0.25, -0.2) is 4.99 Å². The highest BCUT2D eigenvalue weighted by molar-refractivity contribution is 14.1. The Morgan fingerprint density at radius 1 is 1.20 bits per heavy atom. The summed E-state index contributed by atoms with van der Waals surface area (Å²) in [4.78, 5) is 30.8. The van der Waals surface area contributed by atoms with Gasteiger partial charge >= 0.3 is 0 Å². The average Bonchev–Trinajstić information content (AvgIpc) is 2.61. The number of anilines is 1. The molecule has 2 amide bonds. The number of nitrogens with one attached hydrogen (secondary N) is 1. The number of benzene rings is 2. The van der Waals surface area contributed by atoms with E-state index in [-0.39, 0.29) is 18.2 Å². The van der Waals surface area contributed by atoms with Gasteiger partial charge in [0.1, 0.15) is 5.25 Å². The third kappa shape index (κ3) is 4.60. The number of nitrogens with zero attached hydrogens (tertiary/aromatic N) is 2. The fourth-order valence-electron chi connectivity index (χ4n) is 2.27. The molecule has 25 heavy (non-hydrogen) atoms. The molecular formula is C18H16IN3O2S. The van der Waals surface area contributed by atoms with Crippen LogP contribution in [0.2, 0.25) is 0 Å². The molecule has 128 valence electrons. The molecule has 1 unspecified atom stereocenters. The van der Waals surface area contributed by atoms with Crippen LogP contribution in [0.25, 0.3) is 0 Å². The zero-order valence-corrected chi connectivity index (χ0v) is 16.5. The lowest BCUT2D eigenvalue weighted by atomic mass is 10.2. The van der Waals surface area contributed by atoms with Crippen molar-refractivity contribution in [3.8, 4) is 0 Å². The number of amidine groups is 1. The number of hydrogen-bond donors (Lipinski definition) is 1. The first-order valence-corrected chi connectivity index (χ1v) is 9.62. The van der Waals surface area contributed by atoms with Crippen molar-refractivity contribution in [1.82, 2.24) is 4.90 Å². The van der Waals surface area contributed by atoms with E-state index in [2.05, 4.69) is 32.9 Å². The molecule has 0 saturated carbocycles. The number of carbonyl (C=O) groups excluding carboxylic acids is 2. The molecule has 0 aromatic heterocycles. The number of hydrogen-bond acceptors (Lipinski definition) is 4. The van der Waals surface area contributed by atoms with Gasteiger partial charge in [0.05, 0.1) is 5.69 Å². The van der Waals surface area contributed by atoms with Gasteiger partial charge in [0.15, 0.2) is 5.17 Å². The van der Waals surface area contributed by atoms with E-state index < -0.39 is 5.25 Å². The number of aliphatic imine (C=N–C) groups is 1. The maximum Gasteiger partial charge on any atom is 0.238 e. The Morgan fingerprint density at radius 2 is 1.88 bits per heavy atom. The quantitative estimate of drug-likeness (QED) is 0.701. The maximum absolute atomic E-state index is 12.5. The van der Waals surface area contributed by atoms with Gasteiger partial charge in [-0.2, -0.15) is 0 Å². The first-order chi connectivity index (χ1) is 12.0. The molecule has 3 rings (SSSR count). The predicted molar refractivity (Wildman–Crippen MR) is 110 cm³/mol. The number of carbonyl (C=O) groups is 2. The second kappa shape index (κ2) is 8.01. The Bertz CT molecular complexity index is 809. The van der Waals surface area contributed by atoms with Crippen molar-refractivity contribution in [2.75, 3.05) is 12.4 Å². The number of para-hydroxylation sites is 1. The van der Waals surface area contributed by atoms with Crippen LogP contribution in [-0.2, 0) is 9.59 Å². The van der Waals surface area contributed by atoms with Crippen molar-refractivity contribution >= 4 is 62.7 Å². The molecule has 2 aromatic carbocycles. The molecular weight excluding hydrogens is 449 g/mol. The molecule has 1 aliphatic heterocycles. The van der Waals surface area contributed by atoms with Crippen LogP contribution in [0.15, 0.2) is 59.6 Å². The summed E-state index contributed by atoms with van der Waals surface area (Å²) in [6.07, 6.45) is 0.158. The zero-order chi connectivity index (χ0) is 17.8. The summed E-state index contributed by atoms with van der Waals surface area (Å²) in [7, 11) is 1.68. The van der Waals surface area contributed by atoms with Crippen LogP contribution in [0.1, 0.15) is 6.42 Å². The molecule has 7 heteroatoms. The maximum atomic E-state index is 12.5. The number of amides is 2. The van der Waals surface area contributed by atoms with Gasteiger partial charge in [-0.1, -0.05) is 30.0 Å². The lowest BCUT2D eigenvalue weighted by Crippen LogP contribution is -2.43. The second-order valence-corrected chi connectivity index (χ2v) is 7.90. The summed E-state index contributed by atoms with van der Waals surface area (Å²) in [6.45, 7) is 0. The van der Waals surface area contributed by atoms with E-state index in [0.29, 0.717) is 5.17 Å². The topological polar surface area (TPSA) is 61.8 Å². The highest BCUT2D eigenvalue weighted by Crippen LogP contribution is 2.29. The minimum absolute atomic E-state index is 0.115. The van der Waals surface area contributed by atoms with Crippen LogP contribution < -0.4 is 5.32 Å². The summed E-state index contributed by atoms with van der Waals surface area (Å²) in [6, 6.07) is 16.9. The van der Waals surface area contributed by atoms with Crippen LogP contribution in [0.5, 0.6) is 0 Å². The SMILES string of the molecule is CN1C(=O)CC(C(=O)Nc2ccc(I)cc2)SC1=Nc1ccccc1. The largest absolute Gasteiger partial charge is 0.325 e. The molecule has 0 radical (unpaired) electrons. The van der Waals surface area contributed by atoms with Gasteiger partial charge < -0.3 is 5.32 Å². The highest BCUT2D eigenvalue weighted by Gasteiger charge is 2.34. The van der Waals surface area contributed by atoms with Crippen LogP contribution in [0.3, 0.4) is 0 Å². The Morgan fingerprint density at radius 3 is 2.56 bits per heavy atom. The molecule has 1 fully saturated rings. The Hall–Kier alpha value is -1.87. The molecule has 0 aliphatic carbocycles. The summed E-state index contributed by atoms with van der Waals surface area (Å²) in [5.74, 6) is -0.301. The highest BCUT2D eigenvalue weighted by atomic mass is 127. The molecule has 1 atom stereocenters. The first-order valence-electron chi connectivity index (χ1n) is 7.66. The molecule has 1 aliphatic rings. The average molecular weight is 465 g/mol. The molecule has 2 aromatic rings. The third-order valence-electron chi connectivity index (χ3n) is 3.65. The van der Waals surface area contributed by atoms with Crippen LogP contribution >= 0.6 is 34.4 Å². The number of halogens is 1. The lowest BCUT2D eigenvalue weighted by molar-refractivity contribution is -0.128. The minimum Gasteiger partial charge on any atom is -0.325 e. The lowest BCUT2D eigenvalue weighted by Gasteiger charge is -2.28. The molecule has 0 spiro atoms. The third-order valence-corrected chi connectivity index (χ3v) is 5.61. The summed E-state index contributed by atoms with van der Waals surface area (Å²) in [5.41, 5.74) is 1.47. The van der Waals surface area contributed by atoms with Gasteiger partial charge in [-0.15, -0.1) is 0 Å². The minimum atomic E-state index is -0.495. The normalized spacial score (nSPS) is 19.1. The fourth-order valence-corrected chi connectivity index (χ4v) is 3.69. The number of thioether (sulfide) groups is 1. The van der Waals surface area contributed by atoms with E-state index in [1.807, 2.05) is 54.6 Å². The first kappa shape index (κ1) is 17.9. The standard InChI is InChI=1S/C18H16IN3O2S/c1-22-16(23)11-15(17(24)20-14-9-7-12(19)8-10-14)25-18(22)21-13-5-3-2-4-6-13/h2-10,15H,11H2,1H3,(H,20,24). The predicted octanol–water partition coefficient (Wildman–Crippen LogP) is 3.88. The van der Waals surface area contributed by atoms with E-state index >= 15 is 0 Å². The van der Waals surface area contributed by atoms with E-state index in [1.54, 1.807) is 7.05 Å². The van der Waals surface area contributed by atoms with Crippen LogP contribution in [0, 0.1) is 3.57 Å². The molecule has 1 saturated heterocycles. The van der Waals surface area contributed by atoms with Crippen molar-refractivity contribution in [3.05, 3.63) is 58.2 Å². The van der Waals surface area contributed by atoms with E-state index in [9.17, 15) is 9.59 Å². The molecule has 5 nitrogen and oxygen atoms in total. The molecule has 0 bridgehead atoms. The van der Waals surface area contributed by atoms with Crippen LogP contribution in [-0.4, -0.2) is 34.2 Å². The van der Waals surface area contributed by atoms with E-state index in [4.69, 9.17) is 0 Å². The Labute approximate surface area is 164 Å². The van der Waals surface area contributed by atoms with Crippen LogP contribution in [0.4, 0.5) is 11.4 Å². The van der Waals surface area contributed by atoms with Crippen molar-refractivity contribution < 1.29 is 9.59 Å². The van der Waals surface area contributed by atoms with Gasteiger partial charge in [0, 0.05) is 22.7 Å². The summed E-state index contributed by atoms with van der Waals surface area (Å²) >= 11 is 3.52. The van der Waals surface area contributed by atoms with Crippen molar-refractivity contribution in [2.24, 2.45) is 4.99 Å². The zero-order valence-electron chi connectivity index (χ0n) is 13.5. The fraction of sp³-hybridized carbons (Fsp3) is 0.167. The van der Waals surface area contributed by atoms with Gasteiger partial charge in [0.25, 0.3) is 0 Å². The Balaban J connectivity index is 1.76.